The van der Waals surface area contributed by atoms with Gasteiger partial charge in [0.05, 0.1) is 24.5 Å². The normalized spacial score (nSPS) is 12.8. The summed E-state index contributed by atoms with van der Waals surface area (Å²) in [4.78, 5) is 30.9. The van der Waals surface area contributed by atoms with Crippen LogP contribution in [0.3, 0.4) is 0 Å². The van der Waals surface area contributed by atoms with Crippen molar-refractivity contribution in [3.05, 3.63) is 105 Å². The van der Waals surface area contributed by atoms with Gasteiger partial charge in [0.1, 0.15) is 10.9 Å². The van der Waals surface area contributed by atoms with E-state index in [2.05, 4.69) is 5.32 Å². The average Bonchev–Trinajstić information content (AvgIpc) is 3.42. The first kappa shape index (κ1) is 29.2. The average molecular weight is 600 g/mol. The van der Waals surface area contributed by atoms with E-state index in [-0.39, 0.29) is 12.1 Å². The maximum Gasteiger partial charge on any atom is 0.357 e. The van der Waals surface area contributed by atoms with Crippen LogP contribution in [0, 0.1) is 5.92 Å². The highest BCUT2D eigenvalue weighted by Gasteiger charge is 2.31. The molecule has 0 saturated heterocycles. The van der Waals surface area contributed by atoms with Gasteiger partial charge in [0, 0.05) is 16.0 Å². The van der Waals surface area contributed by atoms with Crippen molar-refractivity contribution >= 4 is 50.8 Å². The van der Waals surface area contributed by atoms with Gasteiger partial charge in [0.25, 0.3) is 0 Å². The summed E-state index contributed by atoms with van der Waals surface area (Å²) in [6.45, 7) is 0. The molecule has 0 aliphatic carbocycles. The van der Waals surface area contributed by atoms with E-state index in [1.54, 1.807) is 24.3 Å². The fourth-order valence-corrected chi connectivity index (χ4v) is 5.48. The molecule has 4 rings (SSSR count). The Morgan fingerprint density at radius 2 is 1.62 bits per heavy atom. The second kappa shape index (κ2) is 13.1. The van der Waals surface area contributed by atoms with Crippen LogP contribution >= 0.6 is 22.9 Å². The molecule has 2 atom stereocenters. The van der Waals surface area contributed by atoms with Crippen LogP contribution in [-0.2, 0) is 37.5 Å². The zero-order valence-electron chi connectivity index (χ0n) is 21.3. The number of esters is 1. The zero-order valence-corrected chi connectivity index (χ0v) is 23.7. The topological polar surface area (TPSA) is 135 Å². The molecule has 3 N–H and O–H groups in total. The first-order chi connectivity index (χ1) is 19.1. The van der Waals surface area contributed by atoms with Gasteiger partial charge < -0.3 is 10.1 Å². The highest BCUT2D eigenvalue weighted by Crippen LogP contribution is 2.29. The fourth-order valence-electron chi connectivity index (χ4n) is 4.04. The minimum Gasteiger partial charge on any atom is -0.468 e. The molecule has 0 bridgehead atoms. The molecule has 12 heteroatoms. The van der Waals surface area contributed by atoms with Crippen LogP contribution in [0.4, 0.5) is 5.69 Å². The number of methoxy groups -OCH3 is 1. The minimum atomic E-state index is -4.41. The molecule has 1 amide bonds. The van der Waals surface area contributed by atoms with Crippen LogP contribution in [0.15, 0.2) is 84.2 Å². The lowest BCUT2D eigenvalue weighted by Gasteiger charge is -2.21. The maximum absolute atomic E-state index is 13.5. The van der Waals surface area contributed by atoms with Crippen molar-refractivity contribution in [3.8, 4) is 11.3 Å². The van der Waals surface area contributed by atoms with Crippen LogP contribution < -0.4 is 10.0 Å². The summed E-state index contributed by atoms with van der Waals surface area (Å²) in [5, 5.41) is 6.07. The van der Waals surface area contributed by atoms with E-state index in [9.17, 15) is 18.0 Å². The molecule has 40 heavy (non-hydrogen) atoms. The van der Waals surface area contributed by atoms with Crippen LogP contribution in [-0.4, -0.2) is 36.9 Å². The Hall–Kier alpha value is -3.77. The molecular formula is C28H26ClN3O6S2. The molecule has 3 aromatic carbocycles. The lowest BCUT2D eigenvalue weighted by Crippen LogP contribution is -2.40. The smallest absolute Gasteiger partial charge is 0.357 e. The Bertz CT molecular complexity index is 1560. The van der Waals surface area contributed by atoms with E-state index in [1.165, 1.54) is 30.6 Å². The number of hydrogen-bond acceptors (Lipinski definition) is 7. The highest BCUT2D eigenvalue weighted by atomic mass is 35.5. The van der Waals surface area contributed by atoms with Gasteiger partial charge in [-0.2, -0.15) is 8.42 Å². The first-order valence-corrected chi connectivity index (χ1v) is 14.8. The number of aromatic nitrogens is 1. The Morgan fingerprint density at radius 1 is 0.975 bits per heavy atom. The summed E-state index contributed by atoms with van der Waals surface area (Å²) in [5.41, 5.74) is 3.31. The summed E-state index contributed by atoms with van der Waals surface area (Å²) in [5.74, 6) is -2.23. The predicted octanol–water partition coefficient (Wildman–Crippen LogP) is 5.11. The number of anilines is 1. The molecule has 0 spiro atoms. The zero-order chi connectivity index (χ0) is 28.7. The number of carbonyl (C=O) groups excluding carboxylic acids is 2. The number of nitrogens with zero attached hydrogens (tertiary/aromatic N) is 1. The van der Waals surface area contributed by atoms with Gasteiger partial charge in [-0.05, 0) is 48.2 Å². The van der Waals surface area contributed by atoms with Crippen molar-refractivity contribution in [1.29, 1.82) is 0 Å². The van der Waals surface area contributed by atoms with Crippen molar-refractivity contribution in [2.24, 2.45) is 5.92 Å². The number of thiazole rings is 1. The number of hydrogen-bond donors (Lipinski definition) is 3. The van der Waals surface area contributed by atoms with Crippen LogP contribution in [0.2, 0.25) is 5.02 Å². The number of rotatable bonds is 11. The number of benzene rings is 3. The number of halogens is 1. The van der Waals surface area contributed by atoms with Gasteiger partial charge in [-0.3, -0.25) is 18.9 Å². The Morgan fingerprint density at radius 3 is 2.25 bits per heavy atom. The van der Waals surface area contributed by atoms with E-state index in [1.807, 2.05) is 52.6 Å². The number of nitrogens with one attached hydrogen (secondary N) is 2. The Labute approximate surface area is 241 Å². The van der Waals surface area contributed by atoms with Gasteiger partial charge in [0.15, 0.2) is 0 Å². The molecule has 0 fully saturated rings. The van der Waals surface area contributed by atoms with Crippen molar-refractivity contribution in [2.45, 2.75) is 18.9 Å². The molecular weight excluding hydrogens is 574 g/mol. The van der Waals surface area contributed by atoms with E-state index in [4.69, 9.17) is 25.9 Å². The first-order valence-electron chi connectivity index (χ1n) is 12.1. The second-order valence-corrected chi connectivity index (χ2v) is 11.4. The molecule has 0 radical (unpaired) electrons. The van der Waals surface area contributed by atoms with Gasteiger partial charge in [0.2, 0.25) is 5.91 Å². The van der Waals surface area contributed by atoms with Crippen molar-refractivity contribution in [1.82, 2.24) is 10.3 Å². The Balaban J connectivity index is 1.61. The van der Waals surface area contributed by atoms with E-state index >= 15 is 0 Å². The third-order valence-electron chi connectivity index (χ3n) is 6.00. The van der Waals surface area contributed by atoms with Gasteiger partial charge in [-0.25, -0.2) is 4.98 Å². The summed E-state index contributed by atoms with van der Waals surface area (Å²) in [6.07, 6.45) is 0.459. The summed E-state index contributed by atoms with van der Waals surface area (Å²) in [7, 11) is -3.17. The van der Waals surface area contributed by atoms with Crippen molar-refractivity contribution < 1.29 is 27.3 Å². The minimum absolute atomic E-state index is 0.163. The van der Waals surface area contributed by atoms with E-state index in [0.717, 1.165) is 16.7 Å². The standard InChI is InChI=1S/C28H26ClN3O6S2/c1-38-28(34)23(15-18-5-3-2-4-6-18)26(33)30-24(16-19-7-13-22(14-8-19)32-40(35,36)37)27-31-25(17-39-27)20-9-11-21(29)12-10-20/h2-14,17,23-24,32H,15-16H2,1H3,(H,30,33)(H,35,36,37). The highest BCUT2D eigenvalue weighted by molar-refractivity contribution is 7.87. The van der Waals surface area contributed by atoms with Gasteiger partial charge in [-0.15, -0.1) is 11.3 Å². The van der Waals surface area contributed by atoms with Gasteiger partial charge >= 0.3 is 16.3 Å². The van der Waals surface area contributed by atoms with E-state index < -0.39 is 34.1 Å². The van der Waals surface area contributed by atoms with Crippen molar-refractivity contribution in [3.63, 3.8) is 0 Å². The summed E-state index contributed by atoms with van der Waals surface area (Å²) < 4.78 is 38.2. The predicted molar refractivity (Wildman–Crippen MR) is 154 cm³/mol. The Kier molecular flexibility index (Phi) is 9.54. The lowest BCUT2D eigenvalue weighted by atomic mass is 9.97. The van der Waals surface area contributed by atoms with Crippen LogP contribution in [0.25, 0.3) is 11.3 Å². The number of carbonyl (C=O) groups is 2. The monoisotopic (exact) mass is 599 g/mol. The molecule has 1 heterocycles. The molecule has 4 aromatic rings. The third kappa shape index (κ3) is 8.12. The molecule has 1 aromatic heterocycles. The number of amides is 1. The van der Waals surface area contributed by atoms with Crippen LogP contribution in [0.5, 0.6) is 0 Å². The second-order valence-electron chi connectivity index (χ2n) is 8.88. The largest absolute Gasteiger partial charge is 0.468 e. The lowest BCUT2D eigenvalue weighted by molar-refractivity contribution is -0.150. The van der Waals surface area contributed by atoms with Gasteiger partial charge in [-0.1, -0.05) is 66.2 Å². The number of ether oxygens (including phenoxy) is 1. The molecule has 0 aliphatic heterocycles. The molecule has 0 saturated carbocycles. The molecule has 2 unspecified atom stereocenters. The van der Waals surface area contributed by atoms with Crippen molar-refractivity contribution in [2.75, 3.05) is 11.8 Å². The summed E-state index contributed by atoms with van der Waals surface area (Å²) >= 11 is 7.38. The SMILES string of the molecule is COC(=O)C(Cc1ccccc1)C(=O)NC(Cc1ccc(NS(=O)(=O)O)cc1)c1nc(-c2ccc(Cl)cc2)cs1. The fraction of sp³-hybridized carbons (Fsp3) is 0.179. The maximum atomic E-state index is 13.5. The quantitative estimate of drug-likeness (QED) is 0.124. The molecule has 0 aliphatic rings. The van der Waals surface area contributed by atoms with Crippen LogP contribution in [0.1, 0.15) is 22.2 Å². The summed E-state index contributed by atoms with van der Waals surface area (Å²) in [6, 6.07) is 22.1. The third-order valence-corrected chi connectivity index (χ3v) is 7.71. The molecule has 208 valence electrons. The van der Waals surface area contributed by atoms with E-state index in [0.29, 0.717) is 22.1 Å². The molecule has 9 nitrogen and oxygen atoms in total.